The zero-order valence-corrected chi connectivity index (χ0v) is 16.0. The molecule has 1 N–H and O–H groups in total. The van der Waals surface area contributed by atoms with Crippen LogP contribution in [0.5, 0.6) is 0 Å². The molecule has 0 radical (unpaired) electrons. The SMILES string of the molecule is O=C(NCc1ccccc1Cl)c1cc(-c2ccncc2)n(-c2ccc(F)cc2)n1. The van der Waals surface area contributed by atoms with Crippen molar-refractivity contribution >= 4 is 17.5 Å². The van der Waals surface area contributed by atoms with Crippen LogP contribution in [-0.4, -0.2) is 20.7 Å². The third-order valence-corrected chi connectivity index (χ3v) is 4.76. The minimum atomic E-state index is -0.343. The van der Waals surface area contributed by atoms with Gasteiger partial charge in [0.25, 0.3) is 5.91 Å². The fourth-order valence-electron chi connectivity index (χ4n) is 2.91. The molecular formula is C22H16ClFN4O. The van der Waals surface area contributed by atoms with Crippen LogP contribution in [0.25, 0.3) is 16.9 Å². The molecule has 2 aromatic carbocycles. The van der Waals surface area contributed by atoms with Crippen LogP contribution < -0.4 is 5.32 Å². The first kappa shape index (κ1) is 18.8. The summed E-state index contributed by atoms with van der Waals surface area (Å²) in [6.45, 7) is 0.284. The highest BCUT2D eigenvalue weighted by Crippen LogP contribution is 2.24. The lowest BCUT2D eigenvalue weighted by Gasteiger charge is -2.07. The maximum absolute atomic E-state index is 13.3. The third kappa shape index (κ3) is 4.17. The number of aromatic nitrogens is 3. The maximum atomic E-state index is 13.3. The average molecular weight is 407 g/mol. The van der Waals surface area contributed by atoms with E-state index >= 15 is 0 Å². The molecule has 0 unspecified atom stereocenters. The Hall–Kier alpha value is -3.51. The molecule has 2 heterocycles. The lowest BCUT2D eigenvalue weighted by molar-refractivity contribution is 0.0945. The molecule has 144 valence electrons. The molecular weight excluding hydrogens is 391 g/mol. The standard InChI is InChI=1S/C22H16ClFN4O/c23-19-4-2-1-3-16(19)14-26-22(29)20-13-21(15-9-11-25-12-10-15)28(27-20)18-7-5-17(24)6-8-18/h1-13H,14H2,(H,26,29). The van der Waals surface area contributed by atoms with E-state index in [0.717, 1.165) is 11.1 Å². The van der Waals surface area contributed by atoms with Gasteiger partial charge < -0.3 is 5.32 Å². The average Bonchev–Trinajstić information content (AvgIpc) is 3.20. The lowest BCUT2D eigenvalue weighted by Crippen LogP contribution is -2.23. The summed E-state index contributed by atoms with van der Waals surface area (Å²) in [5.41, 5.74) is 3.23. The van der Waals surface area contributed by atoms with Crippen LogP contribution in [0.1, 0.15) is 16.1 Å². The van der Waals surface area contributed by atoms with Gasteiger partial charge in [0.1, 0.15) is 5.82 Å². The normalized spacial score (nSPS) is 10.7. The molecule has 1 amide bonds. The van der Waals surface area contributed by atoms with Crippen molar-refractivity contribution in [3.05, 3.63) is 101 Å². The van der Waals surface area contributed by atoms with Gasteiger partial charge in [-0.15, -0.1) is 0 Å². The van der Waals surface area contributed by atoms with E-state index in [1.807, 2.05) is 30.3 Å². The van der Waals surface area contributed by atoms with E-state index in [1.54, 1.807) is 41.3 Å². The predicted molar refractivity (Wildman–Crippen MR) is 109 cm³/mol. The molecule has 7 heteroatoms. The molecule has 4 rings (SSSR count). The highest BCUT2D eigenvalue weighted by molar-refractivity contribution is 6.31. The molecule has 29 heavy (non-hydrogen) atoms. The Morgan fingerprint density at radius 3 is 2.48 bits per heavy atom. The zero-order valence-electron chi connectivity index (χ0n) is 15.2. The first-order chi connectivity index (χ1) is 14.1. The smallest absolute Gasteiger partial charge is 0.272 e. The van der Waals surface area contributed by atoms with Crippen molar-refractivity contribution in [2.45, 2.75) is 6.54 Å². The van der Waals surface area contributed by atoms with E-state index in [2.05, 4.69) is 15.4 Å². The number of benzene rings is 2. The molecule has 0 aliphatic rings. The van der Waals surface area contributed by atoms with Gasteiger partial charge in [0, 0.05) is 29.5 Å². The second-order valence-electron chi connectivity index (χ2n) is 6.31. The maximum Gasteiger partial charge on any atom is 0.272 e. The van der Waals surface area contributed by atoms with Crippen molar-refractivity contribution in [3.63, 3.8) is 0 Å². The highest BCUT2D eigenvalue weighted by Gasteiger charge is 2.17. The van der Waals surface area contributed by atoms with E-state index in [9.17, 15) is 9.18 Å². The predicted octanol–water partition coefficient (Wildman–Crippen LogP) is 4.66. The van der Waals surface area contributed by atoms with Gasteiger partial charge in [-0.3, -0.25) is 9.78 Å². The van der Waals surface area contributed by atoms with E-state index in [-0.39, 0.29) is 24.0 Å². The van der Waals surface area contributed by atoms with Gasteiger partial charge in [-0.2, -0.15) is 5.10 Å². The van der Waals surface area contributed by atoms with Crippen molar-refractivity contribution in [1.29, 1.82) is 0 Å². The van der Waals surface area contributed by atoms with E-state index in [1.165, 1.54) is 12.1 Å². The Labute approximate surface area is 171 Å². The van der Waals surface area contributed by atoms with Gasteiger partial charge in [0.05, 0.1) is 11.4 Å². The number of nitrogens with zero attached hydrogens (tertiary/aromatic N) is 3. The van der Waals surface area contributed by atoms with Gasteiger partial charge >= 0.3 is 0 Å². The summed E-state index contributed by atoms with van der Waals surface area (Å²) < 4.78 is 15.0. The summed E-state index contributed by atoms with van der Waals surface area (Å²) in [7, 11) is 0. The van der Waals surface area contributed by atoms with Crippen molar-refractivity contribution in [3.8, 4) is 16.9 Å². The number of carbonyl (C=O) groups excluding carboxylic acids is 1. The van der Waals surface area contributed by atoms with Crippen LogP contribution >= 0.6 is 11.6 Å². The number of rotatable bonds is 5. The van der Waals surface area contributed by atoms with Crippen LogP contribution in [0.15, 0.2) is 79.1 Å². The first-order valence-corrected chi connectivity index (χ1v) is 9.27. The molecule has 0 bridgehead atoms. The van der Waals surface area contributed by atoms with Crippen LogP contribution in [0.4, 0.5) is 4.39 Å². The second-order valence-corrected chi connectivity index (χ2v) is 6.72. The number of carbonyl (C=O) groups is 1. The Morgan fingerprint density at radius 2 is 1.76 bits per heavy atom. The van der Waals surface area contributed by atoms with Crippen LogP contribution in [0.3, 0.4) is 0 Å². The minimum Gasteiger partial charge on any atom is -0.347 e. The largest absolute Gasteiger partial charge is 0.347 e. The molecule has 0 fully saturated rings. The number of amides is 1. The van der Waals surface area contributed by atoms with Gasteiger partial charge in [0.15, 0.2) is 5.69 Å². The van der Waals surface area contributed by atoms with Crippen molar-refractivity contribution in [1.82, 2.24) is 20.1 Å². The summed E-state index contributed by atoms with van der Waals surface area (Å²) in [5, 5.41) is 7.87. The Morgan fingerprint density at radius 1 is 1.03 bits per heavy atom. The number of halogens is 2. The highest BCUT2D eigenvalue weighted by atomic mass is 35.5. The molecule has 5 nitrogen and oxygen atoms in total. The molecule has 2 aromatic heterocycles. The minimum absolute atomic E-state index is 0.244. The van der Waals surface area contributed by atoms with Crippen molar-refractivity contribution in [2.75, 3.05) is 0 Å². The van der Waals surface area contributed by atoms with Crippen LogP contribution in [0, 0.1) is 5.82 Å². The van der Waals surface area contributed by atoms with Crippen LogP contribution in [-0.2, 0) is 6.54 Å². The van der Waals surface area contributed by atoms with Gasteiger partial charge in [-0.1, -0.05) is 29.8 Å². The number of hydrogen-bond acceptors (Lipinski definition) is 3. The number of pyridine rings is 1. The van der Waals surface area contributed by atoms with Gasteiger partial charge in [-0.05, 0) is 54.1 Å². The molecule has 0 saturated carbocycles. The molecule has 0 aliphatic heterocycles. The summed E-state index contributed by atoms with van der Waals surface area (Å²) in [6.07, 6.45) is 3.32. The monoisotopic (exact) mass is 406 g/mol. The molecule has 0 aliphatic carbocycles. The summed E-state index contributed by atoms with van der Waals surface area (Å²) in [6, 6.07) is 18.6. The topological polar surface area (TPSA) is 59.8 Å². The van der Waals surface area contributed by atoms with Crippen LogP contribution in [0.2, 0.25) is 5.02 Å². The van der Waals surface area contributed by atoms with E-state index in [0.29, 0.717) is 16.4 Å². The Bertz CT molecular complexity index is 1140. The number of hydrogen-bond donors (Lipinski definition) is 1. The summed E-state index contributed by atoms with van der Waals surface area (Å²) in [5.74, 6) is -0.676. The lowest BCUT2D eigenvalue weighted by atomic mass is 10.1. The molecule has 0 saturated heterocycles. The van der Waals surface area contributed by atoms with Crippen molar-refractivity contribution < 1.29 is 9.18 Å². The van der Waals surface area contributed by atoms with E-state index in [4.69, 9.17) is 11.6 Å². The second kappa shape index (κ2) is 8.24. The fraction of sp³-hybridized carbons (Fsp3) is 0.0455. The zero-order chi connectivity index (χ0) is 20.2. The quantitative estimate of drug-likeness (QED) is 0.524. The van der Waals surface area contributed by atoms with Gasteiger partial charge in [0.2, 0.25) is 0 Å². The third-order valence-electron chi connectivity index (χ3n) is 4.39. The first-order valence-electron chi connectivity index (χ1n) is 8.90. The van der Waals surface area contributed by atoms with Gasteiger partial charge in [-0.25, -0.2) is 9.07 Å². The molecule has 0 atom stereocenters. The molecule has 0 spiro atoms. The summed E-state index contributed by atoms with van der Waals surface area (Å²) >= 11 is 6.15. The fourth-order valence-corrected chi connectivity index (χ4v) is 3.11. The Kier molecular flexibility index (Phi) is 5.35. The Balaban J connectivity index is 1.66. The molecule has 4 aromatic rings. The van der Waals surface area contributed by atoms with Crippen molar-refractivity contribution in [2.24, 2.45) is 0 Å². The van der Waals surface area contributed by atoms with E-state index < -0.39 is 0 Å². The summed E-state index contributed by atoms with van der Waals surface area (Å²) in [4.78, 5) is 16.7. The number of nitrogens with one attached hydrogen (secondary N) is 1.